The van der Waals surface area contributed by atoms with E-state index in [9.17, 15) is 18.0 Å². The number of hydrogen-bond acceptors (Lipinski definition) is 6. The fourth-order valence-corrected chi connectivity index (χ4v) is 3.85. The van der Waals surface area contributed by atoms with Crippen LogP contribution in [-0.2, 0) is 4.79 Å². The molecule has 0 atom stereocenters. The number of anilines is 1. The second-order valence-electron chi connectivity index (χ2n) is 5.84. The first-order valence-corrected chi connectivity index (χ1v) is 9.42. The topological polar surface area (TPSA) is 71.8 Å². The molecule has 0 bridgehead atoms. The number of methoxy groups -OCH3 is 2. The Hall–Kier alpha value is -2.85. The molecule has 0 aliphatic carbocycles. The van der Waals surface area contributed by atoms with E-state index in [1.807, 2.05) is 0 Å². The molecule has 1 fully saturated rings. The quantitative estimate of drug-likeness (QED) is 0.615. The van der Waals surface area contributed by atoms with Gasteiger partial charge in [-0.2, -0.15) is 0 Å². The summed E-state index contributed by atoms with van der Waals surface area (Å²) >= 11 is 7.09. The van der Waals surface area contributed by atoms with Gasteiger partial charge in [-0.1, -0.05) is 11.6 Å². The molecule has 1 heterocycles. The summed E-state index contributed by atoms with van der Waals surface area (Å²) in [5.74, 6) is -0.199. The molecule has 0 unspecified atom stereocenters. The van der Waals surface area contributed by atoms with Crippen LogP contribution in [0.1, 0.15) is 5.56 Å². The number of carbonyl (C=O) groups excluding carboxylic acids is 1. The van der Waals surface area contributed by atoms with Crippen LogP contribution in [0.4, 0.5) is 18.9 Å². The summed E-state index contributed by atoms with van der Waals surface area (Å²) in [4.78, 5) is 14.1. The highest BCUT2D eigenvalue weighted by Crippen LogP contribution is 2.39. The van der Waals surface area contributed by atoms with Gasteiger partial charge in [0, 0.05) is 0 Å². The summed E-state index contributed by atoms with van der Waals surface area (Å²) in [6, 6.07) is 7.89. The van der Waals surface area contributed by atoms with Gasteiger partial charge in [0.1, 0.15) is 5.75 Å². The lowest BCUT2D eigenvalue weighted by Crippen LogP contribution is -2.28. The van der Waals surface area contributed by atoms with E-state index in [1.165, 1.54) is 32.4 Å². The number of hydrogen-bond donors (Lipinski definition) is 1. The molecule has 11 heteroatoms. The average Bonchev–Trinajstić information content (AvgIpc) is 2.94. The molecule has 1 amide bonds. The van der Waals surface area contributed by atoms with Crippen LogP contribution >= 0.6 is 23.4 Å². The van der Waals surface area contributed by atoms with Crippen molar-refractivity contribution in [1.29, 1.82) is 5.41 Å². The van der Waals surface area contributed by atoms with Gasteiger partial charge in [0.15, 0.2) is 16.7 Å². The van der Waals surface area contributed by atoms with Crippen LogP contribution < -0.4 is 19.1 Å². The zero-order valence-electron chi connectivity index (χ0n) is 15.5. The van der Waals surface area contributed by atoms with E-state index in [4.69, 9.17) is 26.5 Å². The Kier molecular flexibility index (Phi) is 6.18. The van der Waals surface area contributed by atoms with Crippen LogP contribution in [0, 0.1) is 5.41 Å². The van der Waals surface area contributed by atoms with Gasteiger partial charge in [0.2, 0.25) is 0 Å². The molecule has 1 aliphatic heterocycles. The summed E-state index contributed by atoms with van der Waals surface area (Å²) in [5.41, 5.74) is 0.790. The van der Waals surface area contributed by atoms with Gasteiger partial charge in [-0.3, -0.25) is 15.1 Å². The third-order valence-electron chi connectivity index (χ3n) is 3.91. The normalized spacial score (nSPS) is 15.7. The molecule has 2 aromatic carbocycles. The number of benzene rings is 2. The van der Waals surface area contributed by atoms with Gasteiger partial charge >= 0.3 is 6.36 Å². The monoisotopic (exact) mass is 458 g/mol. The van der Waals surface area contributed by atoms with E-state index in [0.717, 1.165) is 28.8 Å². The van der Waals surface area contributed by atoms with Gasteiger partial charge in [0.25, 0.3) is 5.91 Å². The number of amidine groups is 1. The van der Waals surface area contributed by atoms with Gasteiger partial charge in [0.05, 0.1) is 29.8 Å². The first-order valence-electron chi connectivity index (χ1n) is 8.23. The molecule has 158 valence electrons. The van der Waals surface area contributed by atoms with Gasteiger partial charge in [-0.25, -0.2) is 0 Å². The third kappa shape index (κ3) is 4.65. The van der Waals surface area contributed by atoms with Crippen LogP contribution in [0.2, 0.25) is 5.02 Å². The van der Waals surface area contributed by atoms with Crippen molar-refractivity contribution in [2.24, 2.45) is 0 Å². The standard InChI is InChI=1S/C19H14ClF3N2O4S/c1-27-14-8-10(7-13(20)16(14)28-2)9-15-17(26)25(18(24)30-15)11-3-5-12(6-4-11)29-19(21,22)23/h3-9,24H,1-2H3/b15-9-,24-18?. The second-order valence-corrected chi connectivity index (χ2v) is 7.27. The Morgan fingerprint density at radius 3 is 2.37 bits per heavy atom. The summed E-state index contributed by atoms with van der Waals surface area (Å²) in [7, 11) is 2.90. The Labute approximate surface area is 178 Å². The van der Waals surface area contributed by atoms with E-state index < -0.39 is 18.0 Å². The lowest BCUT2D eigenvalue weighted by atomic mass is 10.1. The summed E-state index contributed by atoms with van der Waals surface area (Å²) in [5, 5.41) is 8.29. The number of nitrogens with one attached hydrogen (secondary N) is 1. The SMILES string of the molecule is COc1cc(/C=C2\SC(=N)N(c3ccc(OC(F)(F)F)cc3)C2=O)cc(Cl)c1OC. The van der Waals surface area contributed by atoms with Gasteiger partial charge in [-0.05, 0) is 59.8 Å². The van der Waals surface area contributed by atoms with E-state index >= 15 is 0 Å². The van der Waals surface area contributed by atoms with Gasteiger partial charge < -0.3 is 14.2 Å². The predicted molar refractivity (Wildman–Crippen MR) is 108 cm³/mol. The van der Waals surface area contributed by atoms with Crippen molar-refractivity contribution in [2.45, 2.75) is 6.36 Å². The molecule has 6 nitrogen and oxygen atoms in total. The maximum absolute atomic E-state index is 12.8. The molecule has 3 rings (SSSR count). The highest BCUT2D eigenvalue weighted by Gasteiger charge is 2.34. The fourth-order valence-electron chi connectivity index (χ4n) is 2.69. The molecule has 1 aliphatic rings. The first-order chi connectivity index (χ1) is 14.1. The van der Waals surface area contributed by atoms with Gasteiger partial charge in [-0.15, -0.1) is 13.2 Å². The first kappa shape index (κ1) is 21.8. The smallest absolute Gasteiger partial charge is 0.493 e. The highest BCUT2D eigenvalue weighted by molar-refractivity contribution is 8.19. The third-order valence-corrected chi connectivity index (χ3v) is 5.07. The minimum Gasteiger partial charge on any atom is -0.493 e. The molecule has 1 saturated heterocycles. The number of ether oxygens (including phenoxy) is 3. The van der Waals surface area contributed by atoms with E-state index in [-0.39, 0.29) is 20.8 Å². The Balaban J connectivity index is 1.87. The number of rotatable bonds is 5. The Morgan fingerprint density at radius 2 is 1.80 bits per heavy atom. The molecular formula is C19H14ClF3N2O4S. The summed E-state index contributed by atoms with van der Waals surface area (Å²) in [6.45, 7) is 0. The lowest BCUT2D eigenvalue weighted by Gasteiger charge is -2.15. The van der Waals surface area contributed by atoms with Crippen molar-refractivity contribution in [1.82, 2.24) is 0 Å². The van der Waals surface area contributed by atoms with Crippen LogP contribution in [0.15, 0.2) is 41.3 Å². The molecule has 0 saturated carbocycles. The van der Waals surface area contributed by atoms with E-state index in [2.05, 4.69) is 4.74 Å². The molecule has 2 aromatic rings. The highest BCUT2D eigenvalue weighted by atomic mass is 35.5. The number of halogens is 4. The number of carbonyl (C=O) groups is 1. The molecule has 0 spiro atoms. The maximum Gasteiger partial charge on any atom is 0.573 e. The summed E-state index contributed by atoms with van der Waals surface area (Å²) in [6.07, 6.45) is -3.28. The van der Waals surface area contributed by atoms with Crippen molar-refractivity contribution >= 4 is 46.2 Å². The van der Waals surface area contributed by atoms with Crippen molar-refractivity contribution in [2.75, 3.05) is 19.1 Å². The average molecular weight is 459 g/mol. The fraction of sp³-hybridized carbons (Fsp3) is 0.158. The van der Waals surface area contributed by atoms with Crippen molar-refractivity contribution in [3.63, 3.8) is 0 Å². The second kappa shape index (κ2) is 8.49. The molecule has 0 aromatic heterocycles. The number of amides is 1. The molecule has 30 heavy (non-hydrogen) atoms. The number of nitrogens with zero attached hydrogens (tertiary/aromatic N) is 1. The zero-order chi connectivity index (χ0) is 22.1. The Bertz CT molecular complexity index is 1030. The predicted octanol–water partition coefficient (Wildman–Crippen LogP) is 5.31. The zero-order valence-corrected chi connectivity index (χ0v) is 17.1. The van der Waals surface area contributed by atoms with Crippen LogP contribution in [0.25, 0.3) is 6.08 Å². The minimum absolute atomic E-state index is 0.0951. The van der Waals surface area contributed by atoms with Crippen molar-refractivity contribution in [3.8, 4) is 17.2 Å². The number of thioether (sulfide) groups is 1. The van der Waals surface area contributed by atoms with Crippen molar-refractivity contribution < 1.29 is 32.2 Å². The summed E-state index contributed by atoms with van der Waals surface area (Å²) < 4.78 is 51.1. The number of alkyl halides is 3. The van der Waals surface area contributed by atoms with Crippen LogP contribution in [0.5, 0.6) is 17.2 Å². The largest absolute Gasteiger partial charge is 0.573 e. The van der Waals surface area contributed by atoms with E-state index in [0.29, 0.717) is 17.1 Å². The minimum atomic E-state index is -4.82. The molecular weight excluding hydrogens is 445 g/mol. The molecule has 1 N–H and O–H groups in total. The van der Waals surface area contributed by atoms with Crippen LogP contribution in [-0.4, -0.2) is 31.7 Å². The van der Waals surface area contributed by atoms with Crippen molar-refractivity contribution in [3.05, 3.63) is 51.9 Å². The molecule has 0 radical (unpaired) electrons. The maximum atomic E-state index is 12.8. The van der Waals surface area contributed by atoms with E-state index in [1.54, 1.807) is 12.1 Å². The van der Waals surface area contributed by atoms with Crippen LogP contribution in [0.3, 0.4) is 0 Å². The lowest BCUT2D eigenvalue weighted by molar-refractivity contribution is -0.274. The Morgan fingerprint density at radius 1 is 1.13 bits per heavy atom.